The lowest BCUT2D eigenvalue weighted by Crippen LogP contribution is -2.51. The van der Waals surface area contributed by atoms with Gasteiger partial charge in [-0.25, -0.2) is 4.79 Å². The minimum atomic E-state index is -1.06. The smallest absolute Gasteiger partial charge is 0.335 e. The molecule has 7 heteroatoms. The highest BCUT2D eigenvalue weighted by molar-refractivity contribution is 5.98. The molecule has 1 aromatic carbocycles. The van der Waals surface area contributed by atoms with Gasteiger partial charge in [0.15, 0.2) is 0 Å². The van der Waals surface area contributed by atoms with Crippen LogP contribution in [0.5, 0.6) is 0 Å². The van der Waals surface area contributed by atoms with E-state index < -0.39 is 5.97 Å². The first kappa shape index (κ1) is 17.0. The second kappa shape index (κ2) is 7.23. The molecule has 0 saturated carbocycles. The van der Waals surface area contributed by atoms with Gasteiger partial charge in [-0.2, -0.15) is 0 Å². The lowest BCUT2D eigenvalue weighted by molar-refractivity contribution is -0.136. The van der Waals surface area contributed by atoms with Crippen LogP contribution in [0, 0.1) is 6.92 Å². The summed E-state index contributed by atoms with van der Waals surface area (Å²) in [4.78, 5) is 38.7. The van der Waals surface area contributed by atoms with E-state index in [0.717, 1.165) is 5.56 Å². The zero-order valence-electron chi connectivity index (χ0n) is 13.2. The predicted octanol–water partition coefficient (Wildman–Crippen LogP) is 0.624. The molecular weight excluding hydrogens is 300 g/mol. The first-order chi connectivity index (χ1) is 10.9. The van der Waals surface area contributed by atoms with Gasteiger partial charge in [-0.3, -0.25) is 9.59 Å². The summed E-state index contributed by atoms with van der Waals surface area (Å²) in [7, 11) is 1.47. The summed E-state index contributed by atoms with van der Waals surface area (Å²) in [5, 5.41) is 9.09. The number of benzene rings is 1. The van der Waals surface area contributed by atoms with E-state index in [-0.39, 0.29) is 24.0 Å². The summed E-state index contributed by atoms with van der Waals surface area (Å²) in [5.41, 5.74) is 1.18. The molecule has 0 spiro atoms. The van der Waals surface area contributed by atoms with Crippen LogP contribution in [-0.4, -0.2) is 72.6 Å². The Morgan fingerprint density at radius 3 is 2.17 bits per heavy atom. The van der Waals surface area contributed by atoms with E-state index in [0.29, 0.717) is 31.7 Å². The average molecular weight is 320 g/mol. The van der Waals surface area contributed by atoms with Crippen LogP contribution in [0.2, 0.25) is 0 Å². The number of carboxylic acids is 1. The number of carbonyl (C=O) groups is 3. The molecule has 0 aliphatic carbocycles. The van der Waals surface area contributed by atoms with Gasteiger partial charge in [0.25, 0.3) is 5.91 Å². The van der Waals surface area contributed by atoms with Gasteiger partial charge >= 0.3 is 5.97 Å². The molecule has 2 amide bonds. The number of amides is 2. The molecule has 0 bridgehead atoms. The van der Waals surface area contributed by atoms with Crippen molar-refractivity contribution in [3.8, 4) is 0 Å². The zero-order chi connectivity index (χ0) is 17.0. The number of rotatable bonds is 4. The first-order valence-electron chi connectivity index (χ1n) is 7.33. The minimum absolute atomic E-state index is 0.0355. The SMILES string of the molecule is COCC(=O)N1CCN(C(=O)c2cc(C)cc(C(=O)O)c2)CC1. The van der Waals surface area contributed by atoms with Gasteiger partial charge in [0.05, 0.1) is 5.56 Å². The number of ether oxygens (including phenoxy) is 1. The predicted molar refractivity (Wildman–Crippen MR) is 82.5 cm³/mol. The summed E-state index contributed by atoms with van der Waals surface area (Å²) >= 11 is 0. The average Bonchev–Trinajstić information content (AvgIpc) is 2.54. The van der Waals surface area contributed by atoms with Crippen LogP contribution in [0.1, 0.15) is 26.3 Å². The summed E-state index contributed by atoms with van der Waals surface area (Å²) in [6.07, 6.45) is 0. The van der Waals surface area contributed by atoms with Crippen LogP contribution < -0.4 is 0 Å². The van der Waals surface area contributed by atoms with Crippen LogP contribution in [0.15, 0.2) is 18.2 Å². The third kappa shape index (κ3) is 4.07. The molecule has 0 aromatic heterocycles. The summed E-state index contributed by atoms with van der Waals surface area (Å²) < 4.78 is 4.82. The van der Waals surface area contributed by atoms with Crippen LogP contribution >= 0.6 is 0 Å². The lowest BCUT2D eigenvalue weighted by atomic mass is 10.1. The molecule has 0 unspecified atom stereocenters. The van der Waals surface area contributed by atoms with E-state index in [9.17, 15) is 14.4 Å². The van der Waals surface area contributed by atoms with Crippen molar-refractivity contribution in [1.29, 1.82) is 0 Å². The molecule has 1 heterocycles. The van der Waals surface area contributed by atoms with Crippen molar-refractivity contribution in [2.45, 2.75) is 6.92 Å². The Kier molecular flexibility index (Phi) is 5.33. The largest absolute Gasteiger partial charge is 0.478 e. The molecule has 1 fully saturated rings. The van der Waals surface area contributed by atoms with Crippen LogP contribution in [0.25, 0.3) is 0 Å². The van der Waals surface area contributed by atoms with Crippen molar-refractivity contribution < 1.29 is 24.2 Å². The van der Waals surface area contributed by atoms with E-state index in [1.807, 2.05) is 0 Å². The molecule has 23 heavy (non-hydrogen) atoms. The van der Waals surface area contributed by atoms with Crippen molar-refractivity contribution >= 4 is 17.8 Å². The Morgan fingerprint density at radius 1 is 1.04 bits per heavy atom. The van der Waals surface area contributed by atoms with Gasteiger partial charge in [0.1, 0.15) is 6.61 Å². The number of aromatic carboxylic acids is 1. The fourth-order valence-electron chi connectivity index (χ4n) is 2.59. The highest BCUT2D eigenvalue weighted by Crippen LogP contribution is 2.14. The summed E-state index contributed by atoms with van der Waals surface area (Å²) in [5.74, 6) is -1.36. The highest BCUT2D eigenvalue weighted by atomic mass is 16.5. The van der Waals surface area contributed by atoms with Crippen molar-refractivity contribution in [1.82, 2.24) is 9.80 Å². The van der Waals surface area contributed by atoms with Crippen molar-refractivity contribution in [2.75, 3.05) is 39.9 Å². The Labute approximate surface area is 134 Å². The van der Waals surface area contributed by atoms with E-state index in [1.54, 1.807) is 22.8 Å². The van der Waals surface area contributed by atoms with Crippen molar-refractivity contribution in [3.63, 3.8) is 0 Å². The summed E-state index contributed by atoms with van der Waals surface area (Å²) in [6.45, 7) is 3.53. The zero-order valence-corrected chi connectivity index (χ0v) is 13.2. The molecular formula is C16H20N2O5. The van der Waals surface area contributed by atoms with Gasteiger partial charge in [0.2, 0.25) is 5.91 Å². The van der Waals surface area contributed by atoms with E-state index in [2.05, 4.69) is 0 Å². The molecule has 0 atom stereocenters. The number of piperazine rings is 1. The maximum atomic E-state index is 12.5. The third-order valence-corrected chi connectivity index (χ3v) is 3.76. The second-order valence-electron chi connectivity index (χ2n) is 5.50. The first-order valence-corrected chi connectivity index (χ1v) is 7.33. The minimum Gasteiger partial charge on any atom is -0.478 e. The van der Waals surface area contributed by atoms with Crippen LogP contribution in [0.4, 0.5) is 0 Å². The number of carbonyl (C=O) groups excluding carboxylic acids is 2. The van der Waals surface area contributed by atoms with Crippen LogP contribution in [0.3, 0.4) is 0 Å². The molecule has 1 aromatic rings. The number of carboxylic acid groups (broad SMARTS) is 1. The number of hydrogen-bond acceptors (Lipinski definition) is 4. The quantitative estimate of drug-likeness (QED) is 0.879. The Hall–Kier alpha value is -2.41. The number of hydrogen-bond donors (Lipinski definition) is 1. The number of nitrogens with zero attached hydrogens (tertiary/aromatic N) is 2. The molecule has 7 nitrogen and oxygen atoms in total. The third-order valence-electron chi connectivity index (χ3n) is 3.76. The van der Waals surface area contributed by atoms with Gasteiger partial charge in [0, 0.05) is 38.9 Å². The second-order valence-corrected chi connectivity index (χ2v) is 5.50. The maximum Gasteiger partial charge on any atom is 0.335 e. The normalized spacial score (nSPS) is 14.7. The maximum absolute atomic E-state index is 12.5. The summed E-state index contributed by atoms with van der Waals surface area (Å²) in [6, 6.07) is 4.60. The topological polar surface area (TPSA) is 87.2 Å². The Balaban J connectivity index is 2.05. The molecule has 0 radical (unpaired) electrons. The number of aryl methyl sites for hydroxylation is 1. The van der Waals surface area contributed by atoms with E-state index in [1.165, 1.54) is 19.2 Å². The fraction of sp³-hybridized carbons (Fsp3) is 0.438. The standard InChI is InChI=1S/C16H20N2O5/c1-11-7-12(9-13(8-11)16(21)22)15(20)18-5-3-17(4-6-18)14(19)10-23-2/h7-9H,3-6,10H2,1-2H3,(H,21,22). The molecule has 124 valence electrons. The van der Waals surface area contributed by atoms with Gasteiger partial charge in [-0.15, -0.1) is 0 Å². The monoisotopic (exact) mass is 320 g/mol. The Morgan fingerprint density at radius 2 is 1.61 bits per heavy atom. The molecule has 1 N–H and O–H groups in total. The van der Waals surface area contributed by atoms with Gasteiger partial charge in [-0.1, -0.05) is 0 Å². The van der Waals surface area contributed by atoms with E-state index >= 15 is 0 Å². The fourth-order valence-corrected chi connectivity index (χ4v) is 2.59. The van der Waals surface area contributed by atoms with Crippen LogP contribution in [-0.2, 0) is 9.53 Å². The Bertz CT molecular complexity index is 621. The highest BCUT2D eigenvalue weighted by Gasteiger charge is 2.25. The van der Waals surface area contributed by atoms with E-state index in [4.69, 9.17) is 9.84 Å². The molecule has 1 aliphatic rings. The molecule has 1 aliphatic heterocycles. The van der Waals surface area contributed by atoms with Crippen molar-refractivity contribution in [3.05, 3.63) is 34.9 Å². The number of methoxy groups -OCH3 is 1. The lowest BCUT2D eigenvalue weighted by Gasteiger charge is -2.34. The van der Waals surface area contributed by atoms with Crippen molar-refractivity contribution in [2.24, 2.45) is 0 Å². The molecule has 1 saturated heterocycles. The van der Waals surface area contributed by atoms with Gasteiger partial charge < -0.3 is 19.6 Å². The molecule has 2 rings (SSSR count). The van der Waals surface area contributed by atoms with Gasteiger partial charge in [-0.05, 0) is 30.7 Å².